The summed E-state index contributed by atoms with van der Waals surface area (Å²) in [5.41, 5.74) is 8.74. The van der Waals surface area contributed by atoms with Crippen molar-refractivity contribution in [2.24, 2.45) is 11.7 Å². The molecule has 2 aromatic carbocycles. The highest BCUT2D eigenvalue weighted by molar-refractivity contribution is 5.91. The zero-order valence-electron chi connectivity index (χ0n) is 29.0. The first-order valence-corrected chi connectivity index (χ1v) is 18.0. The molecule has 3 aromatic rings. The predicted molar refractivity (Wildman–Crippen MR) is 191 cm³/mol. The lowest BCUT2D eigenvalue weighted by Crippen LogP contribution is -2.49. The average Bonchev–Trinajstić information content (AvgIpc) is 3.56. The van der Waals surface area contributed by atoms with Crippen LogP contribution in [0.3, 0.4) is 0 Å². The molecule has 2 saturated heterocycles. The highest BCUT2D eigenvalue weighted by atomic mass is 16.5. The molecule has 1 aromatic heterocycles. The van der Waals surface area contributed by atoms with Crippen LogP contribution in [0.5, 0.6) is 5.75 Å². The summed E-state index contributed by atoms with van der Waals surface area (Å²) in [5.74, 6) is 0.810. The minimum absolute atomic E-state index is 0.164. The van der Waals surface area contributed by atoms with Crippen LogP contribution in [-0.4, -0.2) is 84.1 Å². The Labute approximate surface area is 283 Å². The zero-order chi connectivity index (χ0) is 33.1. The molecule has 254 valence electrons. The number of likely N-dealkylation sites (tertiary alicyclic amines) is 2. The number of methoxy groups -OCH3 is 1. The number of carbonyl (C=O) groups excluding carboxylic acids is 1. The summed E-state index contributed by atoms with van der Waals surface area (Å²) in [4.78, 5) is 25.5. The normalized spacial score (nSPS) is 18.3. The summed E-state index contributed by atoms with van der Waals surface area (Å²) in [6, 6.07) is 23.7. The maximum Gasteiger partial charge on any atom is 0.232 e. The molecular weight excluding hydrogens is 582 g/mol. The van der Waals surface area contributed by atoms with Crippen molar-refractivity contribution in [3.63, 3.8) is 0 Å². The third-order valence-corrected chi connectivity index (χ3v) is 10.8. The number of hydrogen-bond acceptors (Lipinski definition) is 6. The maximum absolute atomic E-state index is 13.4. The van der Waals surface area contributed by atoms with E-state index >= 15 is 0 Å². The van der Waals surface area contributed by atoms with Gasteiger partial charge < -0.3 is 15.4 Å². The van der Waals surface area contributed by atoms with Crippen LogP contribution in [0.4, 0.5) is 0 Å². The quantitative estimate of drug-likeness (QED) is 0.170. The van der Waals surface area contributed by atoms with Crippen LogP contribution in [0.25, 0.3) is 0 Å². The molecule has 3 heterocycles. The summed E-state index contributed by atoms with van der Waals surface area (Å²) < 4.78 is 5.52. The Kier molecular flexibility index (Phi) is 12.9. The van der Waals surface area contributed by atoms with Crippen LogP contribution in [-0.2, 0) is 16.8 Å². The molecule has 2 aliphatic rings. The Morgan fingerprint density at radius 3 is 2.13 bits per heavy atom. The van der Waals surface area contributed by atoms with Crippen LogP contribution < -0.4 is 10.5 Å². The largest absolute Gasteiger partial charge is 0.495 e. The molecule has 0 bridgehead atoms. The van der Waals surface area contributed by atoms with Gasteiger partial charge in [0.05, 0.1) is 13.3 Å². The van der Waals surface area contributed by atoms with E-state index in [2.05, 4.69) is 63.9 Å². The average molecular weight is 640 g/mol. The van der Waals surface area contributed by atoms with E-state index in [-0.39, 0.29) is 11.8 Å². The number of piperidine rings is 1. The lowest BCUT2D eigenvalue weighted by atomic mass is 9.64. The Morgan fingerprint density at radius 1 is 0.894 bits per heavy atom. The summed E-state index contributed by atoms with van der Waals surface area (Å²) in [5, 5.41) is 0. The molecule has 7 nitrogen and oxygen atoms in total. The zero-order valence-corrected chi connectivity index (χ0v) is 29.0. The van der Waals surface area contributed by atoms with Gasteiger partial charge in [0.15, 0.2) is 0 Å². The number of ether oxygens (including phenoxy) is 1. The van der Waals surface area contributed by atoms with Crippen molar-refractivity contribution in [2.45, 2.75) is 89.3 Å². The second-order valence-corrected chi connectivity index (χ2v) is 14.0. The third-order valence-electron chi connectivity index (χ3n) is 10.8. The van der Waals surface area contributed by atoms with Crippen molar-refractivity contribution < 1.29 is 9.53 Å². The number of hydrogen-bond donors (Lipinski definition) is 1. The molecule has 0 saturated carbocycles. The van der Waals surface area contributed by atoms with Gasteiger partial charge in [-0.15, -0.1) is 0 Å². The molecule has 5 rings (SSSR count). The van der Waals surface area contributed by atoms with Crippen molar-refractivity contribution >= 4 is 5.91 Å². The number of primary amides is 1. The van der Waals surface area contributed by atoms with Crippen molar-refractivity contribution in [1.29, 1.82) is 0 Å². The Balaban J connectivity index is 1.03. The molecule has 0 spiro atoms. The summed E-state index contributed by atoms with van der Waals surface area (Å²) in [7, 11) is 1.73. The topological polar surface area (TPSA) is 74.9 Å². The van der Waals surface area contributed by atoms with Crippen LogP contribution in [0.1, 0.15) is 81.9 Å². The Morgan fingerprint density at radius 2 is 1.51 bits per heavy atom. The van der Waals surface area contributed by atoms with E-state index in [0.29, 0.717) is 12.1 Å². The van der Waals surface area contributed by atoms with Crippen molar-refractivity contribution in [2.75, 3.05) is 46.4 Å². The fourth-order valence-electron chi connectivity index (χ4n) is 8.31. The van der Waals surface area contributed by atoms with Gasteiger partial charge in [0, 0.05) is 36.9 Å². The molecule has 2 aliphatic heterocycles. The first kappa shape index (κ1) is 35.1. The molecule has 1 atom stereocenters. The molecule has 2 N–H and O–H groups in total. The number of nitrogens with two attached hydrogens (primary N) is 1. The molecule has 1 amide bonds. The van der Waals surface area contributed by atoms with Gasteiger partial charge in [-0.1, -0.05) is 79.9 Å². The van der Waals surface area contributed by atoms with Crippen molar-refractivity contribution in [1.82, 2.24) is 19.7 Å². The highest BCUT2D eigenvalue weighted by Gasteiger charge is 2.49. The number of unbranched alkanes of at least 4 members (excludes halogenated alkanes) is 4. The van der Waals surface area contributed by atoms with Crippen LogP contribution in [0.15, 0.2) is 79.1 Å². The molecule has 0 radical (unpaired) electrons. The van der Waals surface area contributed by atoms with Gasteiger partial charge in [0.25, 0.3) is 0 Å². The van der Waals surface area contributed by atoms with Gasteiger partial charge in [0.2, 0.25) is 5.91 Å². The summed E-state index contributed by atoms with van der Waals surface area (Å²) in [6.45, 7) is 12.1. The third kappa shape index (κ3) is 8.62. The lowest BCUT2D eigenvalue weighted by molar-refractivity contribution is -0.123. The van der Waals surface area contributed by atoms with E-state index < -0.39 is 5.41 Å². The smallest absolute Gasteiger partial charge is 0.232 e. The van der Waals surface area contributed by atoms with Gasteiger partial charge in [0.1, 0.15) is 11.2 Å². The van der Waals surface area contributed by atoms with Gasteiger partial charge in [-0.25, -0.2) is 0 Å². The molecule has 0 unspecified atom stereocenters. The number of nitrogens with zero attached hydrogens (tertiary/aromatic N) is 4. The van der Waals surface area contributed by atoms with Crippen LogP contribution >= 0.6 is 0 Å². The molecular formula is C40H57N5O2. The van der Waals surface area contributed by atoms with Gasteiger partial charge in [-0.05, 0) is 102 Å². The van der Waals surface area contributed by atoms with E-state index in [1.54, 1.807) is 7.11 Å². The molecule has 47 heavy (non-hydrogen) atoms. The summed E-state index contributed by atoms with van der Waals surface area (Å²) in [6.07, 6.45) is 13.4. The molecule has 2 fully saturated rings. The van der Waals surface area contributed by atoms with E-state index in [4.69, 9.17) is 10.5 Å². The van der Waals surface area contributed by atoms with Crippen molar-refractivity contribution in [3.8, 4) is 5.75 Å². The van der Waals surface area contributed by atoms with Crippen molar-refractivity contribution in [3.05, 3.63) is 95.8 Å². The number of amides is 1. The fourth-order valence-corrected chi connectivity index (χ4v) is 8.31. The Hall–Kier alpha value is -3.26. The van der Waals surface area contributed by atoms with Crippen LogP contribution in [0, 0.1) is 5.92 Å². The standard InChI is InChI=1S/C40H57N5O2/c1-32(2)45(37-21-27-44(28-22-37)30-33-19-23-42-29-38(33)47-3)25-14-6-4-5-13-24-43-26-20-36(31-43)40(39(41)46,34-15-9-7-10-16-34)35-17-11-8-12-18-35/h7-12,15-19,23,29,32,36-37H,4-6,13-14,20-22,24-28,30-31H2,1-3H3,(H2,41,46)/t36-/m1/s1. The summed E-state index contributed by atoms with van der Waals surface area (Å²) >= 11 is 0. The monoisotopic (exact) mass is 639 g/mol. The number of pyridine rings is 1. The first-order valence-electron chi connectivity index (χ1n) is 18.0. The van der Waals surface area contributed by atoms with E-state index in [9.17, 15) is 4.79 Å². The highest BCUT2D eigenvalue weighted by Crippen LogP contribution is 2.43. The van der Waals surface area contributed by atoms with E-state index in [0.717, 1.165) is 62.6 Å². The molecule has 7 heteroatoms. The number of carbonyl (C=O) groups is 1. The maximum atomic E-state index is 13.4. The minimum atomic E-state index is -0.802. The fraction of sp³-hybridized carbons (Fsp3) is 0.550. The predicted octanol–water partition coefficient (Wildman–Crippen LogP) is 6.51. The van der Waals surface area contributed by atoms with E-state index in [1.807, 2.05) is 48.8 Å². The molecule has 0 aliphatic carbocycles. The Bertz CT molecular complexity index is 1320. The van der Waals surface area contributed by atoms with Crippen LogP contribution in [0.2, 0.25) is 0 Å². The number of aromatic nitrogens is 1. The SMILES string of the molecule is COc1cnccc1CN1CCC(N(CCCCCCCN2CC[C@@H](C(C(N)=O)(c3ccccc3)c3ccccc3)C2)C(C)C)CC1. The second kappa shape index (κ2) is 17.2. The van der Waals surface area contributed by atoms with Gasteiger partial charge in [-0.3, -0.25) is 19.6 Å². The second-order valence-electron chi connectivity index (χ2n) is 14.0. The van der Waals surface area contributed by atoms with E-state index in [1.165, 1.54) is 57.1 Å². The number of rotatable bonds is 17. The first-order chi connectivity index (χ1) is 22.9. The van der Waals surface area contributed by atoms with Gasteiger partial charge in [-0.2, -0.15) is 0 Å². The lowest BCUT2D eigenvalue weighted by Gasteiger charge is -2.40. The number of benzene rings is 2. The van der Waals surface area contributed by atoms with Gasteiger partial charge >= 0.3 is 0 Å². The minimum Gasteiger partial charge on any atom is -0.495 e.